The van der Waals surface area contributed by atoms with Gasteiger partial charge in [-0.3, -0.25) is 14.3 Å². The molecule has 0 amide bonds. The van der Waals surface area contributed by atoms with Gasteiger partial charge < -0.3 is 13.6 Å². The lowest BCUT2D eigenvalue weighted by molar-refractivity contribution is -0.0312. The average Bonchev–Trinajstić information content (AvgIpc) is 2.99. The van der Waals surface area contributed by atoms with Crippen molar-refractivity contribution in [3.8, 4) is 11.8 Å². The Hall–Kier alpha value is -1.45. The molecule has 0 spiro atoms. The maximum absolute atomic E-state index is 13.0. The van der Waals surface area contributed by atoms with Gasteiger partial charge in [-0.25, -0.2) is 4.79 Å². The number of nitrogens with one attached hydrogen (secondary N) is 1. The number of H-pyrrole nitrogens is 1. The van der Waals surface area contributed by atoms with Crippen molar-refractivity contribution in [2.45, 2.75) is 135 Å². The molecule has 1 saturated heterocycles. The van der Waals surface area contributed by atoms with E-state index in [9.17, 15) is 9.59 Å². The summed E-state index contributed by atoms with van der Waals surface area (Å²) in [4.78, 5) is 27.9. The van der Waals surface area contributed by atoms with Crippen LogP contribution in [-0.4, -0.2) is 44.5 Å². The lowest BCUT2D eigenvalue weighted by Crippen LogP contribution is -2.53. The number of unbranched alkanes of at least 4 members (excludes halogenated alkanes) is 2. The van der Waals surface area contributed by atoms with E-state index < -0.39 is 40.2 Å². The normalized spacial score (nSPS) is 23.4. The molecule has 36 heavy (non-hydrogen) atoms. The summed E-state index contributed by atoms with van der Waals surface area (Å²) < 4.78 is 21.6. The topological polar surface area (TPSA) is 82.6 Å². The monoisotopic (exact) mass is 536 g/mol. The van der Waals surface area contributed by atoms with Crippen LogP contribution in [0, 0.1) is 11.8 Å². The Balaban J connectivity index is 2.59. The highest BCUT2D eigenvalue weighted by Gasteiger charge is 2.53. The summed E-state index contributed by atoms with van der Waals surface area (Å²) in [6, 6.07) is 0. The SMILES string of the molecule is CCCCC#Cc1cn([C@@H]2O[C@H](C)[C@@H](O[Si](C)(C)C(C)(C)C)[C@H]2O[Si](C)(C)C(C)(C)C)c(=O)[nH]c1=O. The summed E-state index contributed by atoms with van der Waals surface area (Å²) in [5.74, 6) is 5.99. The highest BCUT2D eigenvalue weighted by atomic mass is 28.4. The van der Waals surface area contributed by atoms with E-state index in [1.165, 1.54) is 10.8 Å². The van der Waals surface area contributed by atoms with Crippen LogP contribution in [0.5, 0.6) is 0 Å². The molecule has 0 unspecified atom stereocenters. The second-order valence-electron chi connectivity index (χ2n) is 13.0. The molecule has 1 aliphatic heterocycles. The third-order valence-corrected chi connectivity index (χ3v) is 17.0. The molecule has 0 saturated carbocycles. The Morgan fingerprint density at radius 2 is 1.53 bits per heavy atom. The first-order chi connectivity index (χ1) is 16.3. The van der Waals surface area contributed by atoms with E-state index in [-0.39, 0.29) is 27.8 Å². The highest BCUT2D eigenvalue weighted by molar-refractivity contribution is 6.74. The molecule has 1 aromatic heterocycles. The molecule has 1 aromatic rings. The van der Waals surface area contributed by atoms with Crippen LogP contribution in [-0.2, 0) is 13.6 Å². The zero-order valence-electron chi connectivity index (χ0n) is 24.5. The maximum Gasteiger partial charge on any atom is 0.330 e. The van der Waals surface area contributed by atoms with Gasteiger partial charge in [0.05, 0.1) is 6.10 Å². The first kappa shape index (κ1) is 30.8. The summed E-state index contributed by atoms with van der Waals surface area (Å²) in [6.45, 7) is 26.1. The van der Waals surface area contributed by atoms with Gasteiger partial charge in [-0.05, 0) is 49.6 Å². The average molecular weight is 537 g/mol. The number of hydrogen-bond donors (Lipinski definition) is 1. The Morgan fingerprint density at radius 3 is 2.03 bits per heavy atom. The Bertz CT molecular complexity index is 1080. The Labute approximate surface area is 219 Å². The van der Waals surface area contributed by atoms with Gasteiger partial charge >= 0.3 is 5.69 Å². The molecule has 9 heteroatoms. The van der Waals surface area contributed by atoms with Crippen LogP contribution < -0.4 is 11.2 Å². The summed E-state index contributed by atoms with van der Waals surface area (Å²) in [5, 5.41) is -0.0425. The van der Waals surface area contributed by atoms with E-state index >= 15 is 0 Å². The van der Waals surface area contributed by atoms with Gasteiger partial charge in [0.25, 0.3) is 5.56 Å². The van der Waals surface area contributed by atoms with Crippen LogP contribution in [0.25, 0.3) is 0 Å². The first-order valence-electron chi connectivity index (χ1n) is 13.2. The van der Waals surface area contributed by atoms with E-state index in [0.29, 0.717) is 6.42 Å². The molecule has 7 nitrogen and oxygen atoms in total. The molecule has 2 rings (SSSR count). The minimum Gasteiger partial charge on any atom is -0.409 e. The highest BCUT2D eigenvalue weighted by Crippen LogP contribution is 2.45. The van der Waals surface area contributed by atoms with Crippen molar-refractivity contribution in [3.05, 3.63) is 32.6 Å². The first-order valence-corrected chi connectivity index (χ1v) is 19.0. The summed E-state index contributed by atoms with van der Waals surface area (Å²) in [5.41, 5.74) is -0.767. The van der Waals surface area contributed by atoms with Gasteiger partial charge in [-0.2, -0.15) is 0 Å². The molecule has 1 N–H and O–H groups in total. The third-order valence-electron chi connectivity index (χ3n) is 8.02. The van der Waals surface area contributed by atoms with E-state index in [1.54, 1.807) is 0 Å². The van der Waals surface area contributed by atoms with Gasteiger partial charge in [-0.1, -0.05) is 66.7 Å². The van der Waals surface area contributed by atoms with Gasteiger partial charge in [0, 0.05) is 12.6 Å². The molecule has 0 aliphatic carbocycles. The second kappa shape index (κ2) is 11.1. The van der Waals surface area contributed by atoms with E-state index in [1.807, 2.05) is 6.92 Å². The van der Waals surface area contributed by atoms with Gasteiger partial charge in [0.1, 0.15) is 17.8 Å². The number of nitrogens with zero attached hydrogens (tertiary/aromatic N) is 1. The molecule has 2 heterocycles. The Kier molecular flexibility index (Phi) is 9.50. The lowest BCUT2D eigenvalue weighted by atomic mass is 10.1. The van der Waals surface area contributed by atoms with Crippen molar-refractivity contribution in [3.63, 3.8) is 0 Å². The van der Waals surface area contributed by atoms with Crippen molar-refractivity contribution in [1.29, 1.82) is 0 Å². The molecule has 0 radical (unpaired) electrons. The number of rotatable bonds is 7. The molecule has 4 atom stereocenters. The molecule has 204 valence electrons. The van der Waals surface area contributed by atoms with Gasteiger partial charge in [-0.15, -0.1) is 0 Å². The molecular weight excluding hydrogens is 488 g/mol. The molecule has 1 fully saturated rings. The largest absolute Gasteiger partial charge is 0.409 e. The summed E-state index contributed by atoms with van der Waals surface area (Å²) in [7, 11) is -4.45. The number of aromatic nitrogens is 2. The molecule has 1 aliphatic rings. The predicted molar refractivity (Wildman–Crippen MR) is 151 cm³/mol. The van der Waals surface area contributed by atoms with Crippen LogP contribution in [0.1, 0.15) is 86.4 Å². The van der Waals surface area contributed by atoms with E-state index in [2.05, 4.69) is 91.5 Å². The van der Waals surface area contributed by atoms with Crippen LogP contribution in [0.2, 0.25) is 36.3 Å². The van der Waals surface area contributed by atoms with Crippen LogP contribution in [0.4, 0.5) is 0 Å². The standard InChI is InChI=1S/C27H48N2O5Si2/c1-13-14-15-16-17-20-18-29(25(31)28-23(20)30)24-22(34-36(11,12)27(6,7)8)21(19(2)32-24)33-35(9,10)26(3,4)5/h18-19,21-22,24H,13-15H2,1-12H3,(H,28,30,31)/t19-,21-,22-,24-/m1/s1. The quantitative estimate of drug-likeness (QED) is 0.271. The lowest BCUT2D eigenvalue weighted by Gasteiger charge is -2.44. The zero-order chi connectivity index (χ0) is 27.7. The number of hydrogen-bond acceptors (Lipinski definition) is 5. The number of ether oxygens (including phenoxy) is 1. The van der Waals surface area contributed by atoms with Crippen molar-refractivity contribution in [1.82, 2.24) is 9.55 Å². The molecule has 0 bridgehead atoms. The van der Waals surface area contributed by atoms with Crippen molar-refractivity contribution in [2.75, 3.05) is 0 Å². The minimum atomic E-state index is -2.27. The fraction of sp³-hybridized carbons (Fsp3) is 0.778. The zero-order valence-corrected chi connectivity index (χ0v) is 26.5. The Morgan fingerprint density at radius 1 is 1.00 bits per heavy atom. The van der Waals surface area contributed by atoms with Gasteiger partial charge in [0.2, 0.25) is 0 Å². The van der Waals surface area contributed by atoms with E-state index in [0.717, 1.165) is 12.8 Å². The maximum atomic E-state index is 13.0. The van der Waals surface area contributed by atoms with Crippen molar-refractivity contribution < 1.29 is 13.6 Å². The number of aromatic amines is 1. The molecule has 0 aromatic carbocycles. The predicted octanol–water partition coefficient (Wildman–Crippen LogP) is 5.78. The fourth-order valence-corrected chi connectivity index (χ4v) is 6.18. The third kappa shape index (κ3) is 6.90. The second-order valence-corrected chi connectivity index (χ2v) is 22.5. The van der Waals surface area contributed by atoms with Gasteiger partial charge in [0.15, 0.2) is 22.9 Å². The van der Waals surface area contributed by atoms with Crippen molar-refractivity contribution in [2.24, 2.45) is 0 Å². The van der Waals surface area contributed by atoms with E-state index in [4.69, 9.17) is 13.6 Å². The van der Waals surface area contributed by atoms with Crippen molar-refractivity contribution >= 4 is 16.6 Å². The minimum absolute atomic E-state index is 0.00238. The summed E-state index contributed by atoms with van der Waals surface area (Å²) in [6.07, 6.45) is 2.34. The van der Waals surface area contributed by atoms with Crippen LogP contribution >= 0.6 is 0 Å². The fourth-order valence-electron chi connectivity index (χ4n) is 3.54. The smallest absolute Gasteiger partial charge is 0.330 e. The summed E-state index contributed by atoms with van der Waals surface area (Å²) >= 11 is 0. The van der Waals surface area contributed by atoms with Crippen LogP contribution in [0.15, 0.2) is 15.8 Å². The van der Waals surface area contributed by atoms with Crippen LogP contribution in [0.3, 0.4) is 0 Å². The molecular formula is C27H48N2O5Si2.